The monoisotopic (exact) mass is 419 g/mol. The number of nitrogens with zero attached hydrogens (tertiary/aromatic N) is 3. The van der Waals surface area contributed by atoms with Gasteiger partial charge in [0.25, 0.3) is 0 Å². The quantitative estimate of drug-likeness (QED) is 0.657. The Morgan fingerprint density at radius 3 is 2.69 bits per heavy atom. The Kier molecular flexibility index (Phi) is 6.60. The van der Waals surface area contributed by atoms with E-state index >= 15 is 0 Å². The van der Waals surface area contributed by atoms with Crippen molar-refractivity contribution >= 4 is 27.7 Å². The number of aliphatic imine (C=N–C) groups is 2. The third kappa shape index (κ3) is 5.39. The van der Waals surface area contributed by atoms with Crippen LogP contribution in [0, 0.1) is 5.82 Å². The van der Waals surface area contributed by atoms with E-state index in [1.54, 1.807) is 35.5 Å². The fourth-order valence-corrected chi connectivity index (χ4v) is 4.11. The molecule has 29 heavy (non-hydrogen) atoms. The minimum Gasteiger partial charge on any atom is -0.496 e. The average molecular weight is 419 g/mol. The first-order chi connectivity index (χ1) is 13.9. The maximum absolute atomic E-state index is 13.4. The Balaban J connectivity index is 1.74. The summed E-state index contributed by atoms with van der Waals surface area (Å²) in [6, 6.07) is 11.4. The molecular formula is C20H22FN3O4S. The maximum Gasteiger partial charge on any atom is 0.161 e. The third-order valence-corrected chi connectivity index (χ3v) is 5.89. The molecular weight excluding hydrogens is 397 g/mol. The molecule has 1 aliphatic rings. The van der Waals surface area contributed by atoms with Gasteiger partial charge >= 0.3 is 0 Å². The van der Waals surface area contributed by atoms with Gasteiger partial charge in [-0.05, 0) is 29.8 Å². The van der Waals surface area contributed by atoms with Crippen LogP contribution < -0.4 is 9.64 Å². The molecule has 1 heterocycles. The van der Waals surface area contributed by atoms with Gasteiger partial charge in [0.2, 0.25) is 0 Å². The molecule has 154 valence electrons. The zero-order valence-electron chi connectivity index (χ0n) is 16.2. The van der Waals surface area contributed by atoms with Gasteiger partial charge in [0.1, 0.15) is 18.2 Å². The molecule has 0 saturated carbocycles. The molecule has 0 unspecified atom stereocenters. The number of sulfone groups is 1. The van der Waals surface area contributed by atoms with Crippen molar-refractivity contribution in [1.29, 1.82) is 0 Å². The van der Waals surface area contributed by atoms with Crippen LogP contribution in [0.2, 0.25) is 0 Å². The predicted molar refractivity (Wildman–Crippen MR) is 111 cm³/mol. The van der Waals surface area contributed by atoms with Gasteiger partial charge in [-0.2, -0.15) is 0 Å². The minimum atomic E-state index is -3.25. The van der Waals surface area contributed by atoms with Crippen molar-refractivity contribution in [2.45, 2.75) is 5.75 Å². The SMILES string of the molecule is COCCS(=O)(=O)Cc1cccc(N2C=NC(c3ccc(F)cc3OC)=NC2)c1. The Morgan fingerprint density at radius 1 is 1.17 bits per heavy atom. The molecule has 9 heteroatoms. The number of benzene rings is 2. The molecule has 2 aromatic carbocycles. The lowest BCUT2D eigenvalue weighted by Gasteiger charge is -2.22. The van der Waals surface area contributed by atoms with Crippen molar-refractivity contribution in [2.75, 3.05) is 38.1 Å². The van der Waals surface area contributed by atoms with Crippen LogP contribution in [0.25, 0.3) is 0 Å². The summed E-state index contributed by atoms with van der Waals surface area (Å²) in [6.45, 7) is 0.463. The lowest BCUT2D eigenvalue weighted by Crippen LogP contribution is -2.27. The van der Waals surface area contributed by atoms with Crippen LogP contribution in [0.15, 0.2) is 52.4 Å². The summed E-state index contributed by atoms with van der Waals surface area (Å²) in [5.41, 5.74) is 2.06. The maximum atomic E-state index is 13.4. The van der Waals surface area contributed by atoms with E-state index in [0.717, 1.165) is 5.69 Å². The summed E-state index contributed by atoms with van der Waals surface area (Å²) in [7, 11) is -0.313. The van der Waals surface area contributed by atoms with Crippen LogP contribution in [0.1, 0.15) is 11.1 Å². The number of methoxy groups -OCH3 is 2. The third-order valence-electron chi connectivity index (χ3n) is 4.32. The highest BCUT2D eigenvalue weighted by atomic mass is 32.2. The van der Waals surface area contributed by atoms with Crippen LogP contribution in [0.4, 0.5) is 10.1 Å². The van der Waals surface area contributed by atoms with Gasteiger partial charge < -0.3 is 14.4 Å². The summed E-state index contributed by atoms with van der Waals surface area (Å²) in [5.74, 6) is 0.321. The molecule has 0 fully saturated rings. The van der Waals surface area contributed by atoms with Crippen LogP contribution in [-0.2, 0) is 20.3 Å². The fourth-order valence-electron chi connectivity index (χ4n) is 2.86. The van der Waals surface area contributed by atoms with Gasteiger partial charge in [-0.3, -0.25) is 0 Å². The van der Waals surface area contributed by atoms with Gasteiger partial charge in [0.05, 0.1) is 37.1 Å². The molecule has 0 radical (unpaired) electrons. The topological polar surface area (TPSA) is 80.6 Å². The van der Waals surface area contributed by atoms with Crippen molar-refractivity contribution in [1.82, 2.24) is 0 Å². The highest BCUT2D eigenvalue weighted by molar-refractivity contribution is 7.90. The number of hydrogen-bond acceptors (Lipinski definition) is 7. The number of amidine groups is 1. The van der Waals surface area contributed by atoms with E-state index < -0.39 is 15.7 Å². The summed E-state index contributed by atoms with van der Waals surface area (Å²) in [6.07, 6.45) is 1.61. The zero-order chi connectivity index (χ0) is 20.9. The van der Waals surface area contributed by atoms with Crippen molar-refractivity contribution in [3.63, 3.8) is 0 Å². The van der Waals surface area contributed by atoms with Crippen molar-refractivity contribution in [3.05, 3.63) is 59.4 Å². The summed E-state index contributed by atoms with van der Waals surface area (Å²) >= 11 is 0. The normalized spacial score (nSPS) is 14.0. The molecule has 7 nitrogen and oxygen atoms in total. The Morgan fingerprint density at radius 2 is 2.00 bits per heavy atom. The average Bonchev–Trinajstić information content (AvgIpc) is 2.72. The highest BCUT2D eigenvalue weighted by Crippen LogP contribution is 2.23. The first-order valence-corrected chi connectivity index (χ1v) is 10.7. The van der Waals surface area contributed by atoms with E-state index in [-0.39, 0.29) is 18.1 Å². The van der Waals surface area contributed by atoms with Gasteiger partial charge in [-0.25, -0.2) is 22.8 Å². The molecule has 0 amide bonds. The minimum absolute atomic E-state index is 0.0218. The van der Waals surface area contributed by atoms with Gasteiger partial charge in [0, 0.05) is 18.9 Å². The van der Waals surface area contributed by atoms with Gasteiger partial charge in [0.15, 0.2) is 15.7 Å². The Bertz CT molecular complexity index is 1040. The van der Waals surface area contributed by atoms with E-state index in [2.05, 4.69) is 9.98 Å². The smallest absolute Gasteiger partial charge is 0.161 e. The molecule has 0 saturated heterocycles. The zero-order valence-corrected chi connectivity index (χ0v) is 17.0. The first kappa shape index (κ1) is 20.9. The molecule has 0 aliphatic carbocycles. The number of hydrogen-bond donors (Lipinski definition) is 0. The molecule has 0 aromatic heterocycles. The summed E-state index contributed by atoms with van der Waals surface area (Å²) < 4.78 is 47.8. The lowest BCUT2D eigenvalue weighted by molar-refractivity contribution is 0.217. The molecule has 1 aliphatic heterocycles. The second-order valence-corrected chi connectivity index (χ2v) is 8.62. The molecule has 2 aromatic rings. The van der Waals surface area contributed by atoms with Crippen molar-refractivity contribution in [3.8, 4) is 5.75 Å². The van der Waals surface area contributed by atoms with Crippen molar-refractivity contribution in [2.24, 2.45) is 9.98 Å². The molecule has 0 atom stereocenters. The van der Waals surface area contributed by atoms with Crippen LogP contribution in [0.5, 0.6) is 5.75 Å². The second kappa shape index (κ2) is 9.15. The lowest BCUT2D eigenvalue weighted by atomic mass is 10.1. The first-order valence-electron chi connectivity index (χ1n) is 8.89. The molecule has 0 spiro atoms. The number of halogens is 1. The predicted octanol–water partition coefficient (Wildman–Crippen LogP) is 2.65. The number of anilines is 1. The number of rotatable bonds is 8. The van der Waals surface area contributed by atoms with Gasteiger partial charge in [-0.1, -0.05) is 12.1 Å². The van der Waals surface area contributed by atoms with Crippen molar-refractivity contribution < 1.29 is 22.3 Å². The molecule has 0 bridgehead atoms. The van der Waals surface area contributed by atoms with E-state index in [1.807, 2.05) is 6.07 Å². The highest BCUT2D eigenvalue weighted by Gasteiger charge is 2.17. The number of ether oxygens (including phenoxy) is 2. The summed E-state index contributed by atoms with van der Waals surface area (Å²) in [5, 5.41) is 0. The molecule has 0 N–H and O–H groups in total. The second-order valence-electron chi connectivity index (χ2n) is 6.44. The Labute approximate surface area is 169 Å². The van der Waals surface area contributed by atoms with Crippen LogP contribution >= 0.6 is 0 Å². The van der Waals surface area contributed by atoms with Gasteiger partial charge in [-0.15, -0.1) is 0 Å². The van der Waals surface area contributed by atoms with Crippen LogP contribution in [0.3, 0.4) is 0 Å². The van der Waals surface area contributed by atoms with E-state index in [4.69, 9.17) is 9.47 Å². The van der Waals surface area contributed by atoms with E-state index in [0.29, 0.717) is 29.4 Å². The van der Waals surface area contributed by atoms with Crippen LogP contribution in [-0.4, -0.2) is 53.8 Å². The molecule has 3 rings (SSSR count). The fraction of sp³-hybridized carbons (Fsp3) is 0.300. The Hall–Kier alpha value is -2.78. The largest absolute Gasteiger partial charge is 0.496 e. The van der Waals surface area contributed by atoms with E-state index in [1.165, 1.54) is 26.4 Å². The standard InChI is InChI=1S/C20H22FN3O4S/c1-27-8-9-29(25,26)12-15-4-3-5-17(10-15)24-13-22-20(23-14-24)18-7-6-16(21)11-19(18)28-2/h3-7,10-11,13H,8-9,12,14H2,1-2H3. The van der Waals surface area contributed by atoms with E-state index in [9.17, 15) is 12.8 Å². The summed E-state index contributed by atoms with van der Waals surface area (Å²) in [4.78, 5) is 10.6.